The Morgan fingerprint density at radius 3 is 2.42 bits per heavy atom. The van der Waals surface area contributed by atoms with Gasteiger partial charge < -0.3 is 15.4 Å². The highest BCUT2D eigenvalue weighted by Crippen LogP contribution is 2.34. The van der Waals surface area contributed by atoms with Crippen LogP contribution in [-0.4, -0.2) is 25.1 Å². The number of alkyl halides is 4. The summed E-state index contributed by atoms with van der Waals surface area (Å²) in [7, 11) is 0. The summed E-state index contributed by atoms with van der Waals surface area (Å²) in [6, 6.07) is 13.0. The molecule has 2 aromatic rings. The van der Waals surface area contributed by atoms with Crippen LogP contribution in [0.25, 0.3) is 0 Å². The van der Waals surface area contributed by atoms with Crippen molar-refractivity contribution in [2.45, 2.75) is 56.7 Å². The number of hydrogen-bond acceptors (Lipinski definition) is 3. The number of amides is 1. The third-order valence-corrected chi connectivity index (χ3v) is 6.38. The summed E-state index contributed by atoms with van der Waals surface area (Å²) < 4.78 is 58.5. The quantitative estimate of drug-likeness (QED) is 0.549. The number of rotatable bonds is 8. The van der Waals surface area contributed by atoms with Crippen molar-refractivity contribution in [3.05, 3.63) is 70.8 Å². The fraction of sp³-hybridized carbons (Fsp3) is 0.480. The molecule has 1 heterocycles. The fourth-order valence-electron chi connectivity index (χ4n) is 4.36. The van der Waals surface area contributed by atoms with Crippen LogP contribution in [0, 0.1) is 5.92 Å². The van der Waals surface area contributed by atoms with Gasteiger partial charge in [-0.05, 0) is 54.5 Å². The van der Waals surface area contributed by atoms with Crippen molar-refractivity contribution >= 4 is 5.91 Å². The zero-order valence-corrected chi connectivity index (χ0v) is 18.3. The first-order valence-electron chi connectivity index (χ1n) is 11.2. The van der Waals surface area contributed by atoms with Crippen molar-refractivity contribution in [1.82, 2.24) is 10.6 Å². The first-order valence-corrected chi connectivity index (χ1v) is 11.2. The lowest BCUT2D eigenvalue weighted by Gasteiger charge is -2.42. The third-order valence-electron chi connectivity index (χ3n) is 6.38. The van der Waals surface area contributed by atoms with Crippen LogP contribution in [-0.2, 0) is 34.5 Å². The second-order valence-electron chi connectivity index (χ2n) is 9.01. The van der Waals surface area contributed by atoms with E-state index in [1.165, 1.54) is 6.07 Å². The lowest BCUT2D eigenvalue weighted by Crippen LogP contribution is -2.57. The molecule has 0 spiro atoms. The summed E-state index contributed by atoms with van der Waals surface area (Å²) in [5, 5.41) is 6.63. The molecule has 1 aliphatic heterocycles. The molecule has 33 heavy (non-hydrogen) atoms. The average molecular weight is 465 g/mol. The average Bonchev–Trinajstić information content (AvgIpc) is 3.66. The molecule has 0 radical (unpaired) electrons. The molecule has 2 N–H and O–H groups in total. The molecule has 2 aliphatic rings. The molecule has 178 valence electrons. The van der Waals surface area contributed by atoms with Crippen molar-refractivity contribution < 1.29 is 27.1 Å². The number of hydrogen-bond donors (Lipinski definition) is 2. The molecule has 4 rings (SSSR count). The Hall–Kier alpha value is -2.45. The molecule has 1 aliphatic carbocycles. The molecular weight excluding hydrogens is 436 g/mol. The van der Waals surface area contributed by atoms with E-state index in [0.29, 0.717) is 13.0 Å². The molecule has 2 fully saturated rings. The van der Waals surface area contributed by atoms with Crippen LogP contribution in [0.2, 0.25) is 0 Å². The predicted molar refractivity (Wildman–Crippen MR) is 116 cm³/mol. The molecule has 8 heteroatoms. The Balaban J connectivity index is 1.43. The van der Waals surface area contributed by atoms with Crippen LogP contribution < -0.4 is 10.6 Å². The van der Waals surface area contributed by atoms with Crippen molar-refractivity contribution in [1.29, 1.82) is 0 Å². The van der Waals surface area contributed by atoms with E-state index in [0.717, 1.165) is 37.0 Å². The highest BCUT2D eigenvalue weighted by molar-refractivity contribution is 5.81. The van der Waals surface area contributed by atoms with E-state index in [1.54, 1.807) is 0 Å². The lowest BCUT2D eigenvalue weighted by atomic mass is 9.81. The number of ether oxygens (including phenoxy) is 1. The van der Waals surface area contributed by atoms with E-state index in [-0.39, 0.29) is 42.2 Å². The topological polar surface area (TPSA) is 50.4 Å². The minimum atomic E-state index is -4.55. The SMILES string of the molecule is O=C(N[C@H]1CC[C@@](COCc2cc(CF)cc(C(F)(F)F)c2)(c2ccccc2)NC1)C1CC1. The van der Waals surface area contributed by atoms with Gasteiger partial charge in [0.15, 0.2) is 0 Å². The largest absolute Gasteiger partial charge is 0.416 e. The first kappa shape index (κ1) is 23.7. The Morgan fingerprint density at radius 2 is 1.82 bits per heavy atom. The molecule has 1 saturated carbocycles. The normalized spacial score (nSPS) is 23.3. The number of carbonyl (C=O) groups excluding carboxylic acids is 1. The molecule has 1 saturated heterocycles. The van der Waals surface area contributed by atoms with Gasteiger partial charge in [0.05, 0.1) is 24.3 Å². The van der Waals surface area contributed by atoms with E-state index in [9.17, 15) is 22.4 Å². The molecule has 0 bridgehead atoms. The Kier molecular flexibility index (Phi) is 7.05. The Labute approximate surface area is 190 Å². The minimum Gasteiger partial charge on any atom is -0.374 e. The predicted octanol–water partition coefficient (Wildman–Crippen LogP) is 4.87. The van der Waals surface area contributed by atoms with E-state index < -0.39 is 24.0 Å². The zero-order chi connectivity index (χ0) is 23.5. The van der Waals surface area contributed by atoms with Gasteiger partial charge >= 0.3 is 6.18 Å². The van der Waals surface area contributed by atoms with Gasteiger partial charge in [-0.25, -0.2) is 4.39 Å². The van der Waals surface area contributed by atoms with E-state index in [2.05, 4.69) is 10.6 Å². The van der Waals surface area contributed by atoms with Crippen LogP contribution in [0.15, 0.2) is 48.5 Å². The van der Waals surface area contributed by atoms with Crippen LogP contribution in [0.3, 0.4) is 0 Å². The maximum absolute atomic E-state index is 13.2. The Morgan fingerprint density at radius 1 is 1.09 bits per heavy atom. The molecule has 2 atom stereocenters. The summed E-state index contributed by atoms with van der Waals surface area (Å²) in [4.78, 5) is 12.1. The Bertz CT molecular complexity index is 953. The zero-order valence-electron chi connectivity index (χ0n) is 18.3. The van der Waals surface area contributed by atoms with Gasteiger partial charge in [0.25, 0.3) is 0 Å². The van der Waals surface area contributed by atoms with Gasteiger partial charge in [-0.3, -0.25) is 4.79 Å². The summed E-state index contributed by atoms with van der Waals surface area (Å²) >= 11 is 0. The van der Waals surface area contributed by atoms with Gasteiger partial charge in [0, 0.05) is 18.5 Å². The summed E-state index contributed by atoms with van der Waals surface area (Å²) in [5.41, 5.74) is -0.117. The fourth-order valence-corrected chi connectivity index (χ4v) is 4.36. The molecule has 2 aromatic carbocycles. The number of carbonyl (C=O) groups is 1. The second-order valence-corrected chi connectivity index (χ2v) is 9.01. The second kappa shape index (κ2) is 9.81. The maximum atomic E-state index is 13.2. The van der Waals surface area contributed by atoms with Crippen LogP contribution in [0.5, 0.6) is 0 Å². The van der Waals surface area contributed by atoms with Crippen molar-refractivity contribution in [3.63, 3.8) is 0 Å². The summed E-state index contributed by atoms with van der Waals surface area (Å²) in [5.74, 6) is 0.259. The van der Waals surface area contributed by atoms with Gasteiger partial charge in [-0.1, -0.05) is 36.4 Å². The molecule has 0 unspecified atom stereocenters. The van der Waals surface area contributed by atoms with Gasteiger partial charge in [-0.15, -0.1) is 0 Å². The molecule has 0 aromatic heterocycles. The number of halogens is 4. The minimum absolute atomic E-state index is 0.0220. The monoisotopic (exact) mass is 464 g/mol. The third kappa shape index (κ3) is 5.92. The van der Waals surface area contributed by atoms with Crippen LogP contribution in [0.4, 0.5) is 17.6 Å². The first-order chi connectivity index (χ1) is 15.8. The summed E-state index contributed by atoms with van der Waals surface area (Å²) in [6.07, 6.45) is -1.18. The van der Waals surface area contributed by atoms with E-state index in [4.69, 9.17) is 4.74 Å². The smallest absolute Gasteiger partial charge is 0.374 e. The molecule has 1 amide bonds. The van der Waals surface area contributed by atoms with Crippen molar-refractivity contribution in [2.24, 2.45) is 5.92 Å². The van der Waals surface area contributed by atoms with Gasteiger partial charge in [0.2, 0.25) is 5.91 Å². The molecular formula is C25H28F4N2O2. The van der Waals surface area contributed by atoms with Gasteiger partial charge in [0.1, 0.15) is 6.67 Å². The summed E-state index contributed by atoms with van der Waals surface area (Å²) in [6.45, 7) is -0.219. The number of benzene rings is 2. The maximum Gasteiger partial charge on any atom is 0.416 e. The lowest BCUT2D eigenvalue weighted by molar-refractivity contribution is -0.137. The molecule has 4 nitrogen and oxygen atoms in total. The van der Waals surface area contributed by atoms with Crippen molar-refractivity contribution in [2.75, 3.05) is 13.2 Å². The van der Waals surface area contributed by atoms with E-state index in [1.807, 2.05) is 30.3 Å². The number of piperidine rings is 1. The standard InChI is InChI=1S/C25H28F4N2O2/c26-13-17-10-18(12-21(11-17)25(27,28)29)15-33-16-24(20-4-2-1-3-5-20)9-8-22(14-30-24)31-23(32)19-6-7-19/h1-5,10-12,19,22,30H,6-9,13-16H2,(H,31,32)/t22-,24+/m0/s1. The van der Waals surface area contributed by atoms with Crippen molar-refractivity contribution in [3.8, 4) is 0 Å². The number of nitrogens with one attached hydrogen (secondary N) is 2. The van der Waals surface area contributed by atoms with Crippen LogP contribution >= 0.6 is 0 Å². The van der Waals surface area contributed by atoms with Crippen LogP contribution in [0.1, 0.15) is 47.9 Å². The highest BCUT2D eigenvalue weighted by Gasteiger charge is 2.39. The highest BCUT2D eigenvalue weighted by atomic mass is 19.4. The van der Waals surface area contributed by atoms with E-state index >= 15 is 0 Å². The van der Waals surface area contributed by atoms with Gasteiger partial charge in [-0.2, -0.15) is 13.2 Å².